The molecule has 0 aromatic heterocycles. The number of imide groups is 1. The Morgan fingerprint density at radius 1 is 1.13 bits per heavy atom. The molecule has 7 heteroatoms. The molecule has 0 radical (unpaired) electrons. The molecule has 0 atom stereocenters. The number of hydrogen-bond acceptors (Lipinski definition) is 3. The van der Waals surface area contributed by atoms with Gasteiger partial charge in [-0.2, -0.15) is 0 Å². The van der Waals surface area contributed by atoms with Gasteiger partial charge in [-0.25, -0.2) is 9.18 Å². The van der Waals surface area contributed by atoms with Gasteiger partial charge in [-0.15, -0.1) is 0 Å². The molecule has 2 aromatic carbocycles. The summed E-state index contributed by atoms with van der Waals surface area (Å²) in [7, 11) is 0. The van der Waals surface area contributed by atoms with Crippen molar-refractivity contribution in [2.24, 2.45) is 0 Å². The topological polar surface area (TPSA) is 67.4 Å². The molecule has 0 aliphatic rings. The van der Waals surface area contributed by atoms with E-state index in [2.05, 4.69) is 26.6 Å². The first-order valence-electron chi connectivity index (χ1n) is 6.74. The number of hydrogen-bond donors (Lipinski definition) is 2. The zero-order valence-electron chi connectivity index (χ0n) is 12.0. The molecule has 0 bridgehead atoms. The highest BCUT2D eigenvalue weighted by atomic mass is 79.9. The van der Waals surface area contributed by atoms with Gasteiger partial charge in [-0.3, -0.25) is 10.1 Å². The maximum Gasteiger partial charge on any atom is 0.321 e. The summed E-state index contributed by atoms with van der Waals surface area (Å²) in [6.07, 6.45) is 0. The molecular weight excluding hydrogens is 367 g/mol. The highest BCUT2D eigenvalue weighted by Gasteiger charge is 2.10. The van der Waals surface area contributed by atoms with E-state index in [-0.39, 0.29) is 6.61 Å². The Hall–Kier alpha value is -2.41. The Morgan fingerprint density at radius 3 is 2.57 bits per heavy atom. The number of amides is 3. The molecule has 23 heavy (non-hydrogen) atoms. The molecule has 2 aromatic rings. The Morgan fingerprint density at radius 2 is 1.87 bits per heavy atom. The van der Waals surface area contributed by atoms with E-state index >= 15 is 0 Å². The van der Waals surface area contributed by atoms with Crippen molar-refractivity contribution in [1.82, 2.24) is 10.6 Å². The summed E-state index contributed by atoms with van der Waals surface area (Å²) in [4.78, 5) is 23.2. The van der Waals surface area contributed by atoms with E-state index in [0.29, 0.717) is 16.8 Å². The van der Waals surface area contributed by atoms with Crippen molar-refractivity contribution in [2.75, 3.05) is 6.61 Å². The second kappa shape index (κ2) is 8.28. The molecular formula is C16H14BrFN2O3. The molecule has 0 aliphatic heterocycles. The zero-order valence-corrected chi connectivity index (χ0v) is 13.6. The molecule has 3 amide bonds. The molecule has 0 spiro atoms. The maximum atomic E-state index is 12.9. The highest BCUT2D eigenvalue weighted by Crippen LogP contribution is 2.25. The third kappa shape index (κ3) is 5.71. The average Bonchev–Trinajstić information content (AvgIpc) is 2.53. The van der Waals surface area contributed by atoms with Crippen LogP contribution in [0.2, 0.25) is 0 Å². The van der Waals surface area contributed by atoms with E-state index < -0.39 is 17.8 Å². The third-order valence-electron chi connectivity index (χ3n) is 2.80. The molecule has 0 aliphatic carbocycles. The lowest BCUT2D eigenvalue weighted by Gasteiger charge is -2.09. The monoisotopic (exact) mass is 380 g/mol. The predicted molar refractivity (Wildman–Crippen MR) is 86.4 cm³/mol. The van der Waals surface area contributed by atoms with Crippen LogP contribution in [0, 0.1) is 5.82 Å². The lowest BCUT2D eigenvalue weighted by Crippen LogP contribution is -2.41. The third-order valence-corrected chi connectivity index (χ3v) is 3.42. The summed E-state index contributed by atoms with van der Waals surface area (Å²) in [6.45, 7) is -0.0483. The average molecular weight is 381 g/mol. The molecule has 0 saturated heterocycles. The number of nitrogens with one attached hydrogen (secondary N) is 2. The maximum absolute atomic E-state index is 12.9. The summed E-state index contributed by atoms with van der Waals surface area (Å²) in [5.74, 6) is -0.716. The van der Waals surface area contributed by atoms with Gasteiger partial charge in [-0.1, -0.05) is 30.3 Å². The van der Waals surface area contributed by atoms with Crippen LogP contribution in [0.5, 0.6) is 5.75 Å². The molecule has 2 N–H and O–H groups in total. The number of urea groups is 1. The van der Waals surface area contributed by atoms with Gasteiger partial charge in [-0.05, 0) is 39.7 Å². The van der Waals surface area contributed by atoms with Crippen molar-refractivity contribution < 1.29 is 18.7 Å². The van der Waals surface area contributed by atoms with Crippen molar-refractivity contribution in [1.29, 1.82) is 0 Å². The van der Waals surface area contributed by atoms with Gasteiger partial charge in [0.2, 0.25) is 0 Å². The van der Waals surface area contributed by atoms with E-state index in [1.165, 1.54) is 18.2 Å². The van der Waals surface area contributed by atoms with Gasteiger partial charge in [0.15, 0.2) is 6.61 Å². The second-order valence-electron chi connectivity index (χ2n) is 4.58. The largest absolute Gasteiger partial charge is 0.483 e. The van der Waals surface area contributed by atoms with Crippen LogP contribution in [0.3, 0.4) is 0 Å². The van der Waals surface area contributed by atoms with Gasteiger partial charge in [0.05, 0.1) is 4.47 Å². The van der Waals surface area contributed by atoms with Crippen LogP contribution in [-0.4, -0.2) is 18.5 Å². The minimum absolute atomic E-state index is 0.310. The molecule has 0 saturated carbocycles. The Balaban J connectivity index is 1.74. The van der Waals surface area contributed by atoms with Crippen molar-refractivity contribution >= 4 is 27.9 Å². The SMILES string of the molecule is O=C(COc1ccc(F)cc1Br)NC(=O)NCc1ccccc1. The second-order valence-corrected chi connectivity index (χ2v) is 5.43. The van der Waals surface area contributed by atoms with E-state index in [0.717, 1.165) is 5.56 Å². The van der Waals surface area contributed by atoms with E-state index in [1.807, 2.05) is 30.3 Å². The summed E-state index contributed by atoms with van der Waals surface area (Å²) in [5.41, 5.74) is 0.918. The van der Waals surface area contributed by atoms with Crippen LogP contribution in [-0.2, 0) is 11.3 Å². The van der Waals surface area contributed by atoms with Crippen molar-refractivity contribution in [3.63, 3.8) is 0 Å². The predicted octanol–water partition coefficient (Wildman–Crippen LogP) is 2.99. The number of carbonyl (C=O) groups is 2. The van der Waals surface area contributed by atoms with Crippen LogP contribution >= 0.6 is 15.9 Å². The smallest absolute Gasteiger partial charge is 0.321 e. The van der Waals surface area contributed by atoms with E-state index in [1.54, 1.807) is 0 Å². The van der Waals surface area contributed by atoms with Crippen LogP contribution in [0.15, 0.2) is 53.0 Å². The van der Waals surface area contributed by atoms with E-state index in [9.17, 15) is 14.0 Å². The molecule has 0 heterocycles. The first kappa shape index (κ1) is 17.0. The summed E-state index contributed by atoms with van der Waals surface area (Å²) >= 11 is 3.12. The fourth-order valence-electron chi connectivity index (χ4n) is 1.72. The van der Waals surface area contributed by atoms with Crippen molar-refractivity contribution in [3.05, 3.63) is 64.4 Å². The Bertz CT molecular complexity index is 695. The van der Waals surface area contributed by atoms with Crippen LogP contribution in [0.4, 0.5) is 9.18 Å². The Labute approximate surface area is 141 Å². The van der Waals surface area contributed by atoms with Gasteiger partial charge >= 0.3 is 6.03 Å². The van der Waals surface area contributed by atoms with Gasteiger partial charge in [0.25, 0.3) is 5.91 Å². The van der Waals surface area contributed by atoms with Gasteiger partial charge < -0.3 is 10.1 Å². The zero-order chi connectivity index (χ0) is 16.7. The number of rotatable bonds is 5. The molecule has 0 unspecified atom stereocenters. The number of ether oxygens (including phenoxy) is 1. The molecule has 5 nitrogen and oxygen atoms in total. The summed E-state index contributed by atoms with van der Waals surface area (Å²) in [6, 6.07) is 12.5. The van der Waals surface area contributed by atoms with Crippen LogP contribution < -0.4 is 15.4 Å². The summed E-state index contributed by atoms with van der Waals surface area (Å²) in [5, 5.41) is 4.71. The first-order chi connectivity index (χ1) is 11.0. The number of halogens is 2. The minimum Gasteiger partial charge on any atom is -0.483 e. The number of benzene rings is 2. The molecule has 120 valence electrons. The molecule has 0 fully saturated rings. The van der Waals surface area contributed by atoms with Crippen molar-refractivity contribution in [2.45, 2.75) is 6.54 Å². The lowest BCUT2D eigenvalue weighted by molar-refractivity contribution is -0.122. The standard InChI is InChI=1S/C16H14BrFN2O3/c17-13-8-12(18)6-7-14(13)23-10-15(21)20-16(22)19-9-11-4-2-1-3-5-11/h1-8H,9-10H2,(H2,19,20,21,22). The fourth-order valence-corrected chi connectivity index (χ4v) is 2.19. The summed E-state index contributed by atoms with van der Waals surface area (Å²) < 4.78 is 18.5. The van der Waals surface area contributed by atoms with Gasteiger partial charge in [0, 0.05) is 6.54 Å². The minimum atomic E-state index is -0.611. The highest BCUT2D eigenvalue weighted by molar-refractivity contribution is 9.10. The van der Waals surface area contributed by atoms with Crippen LogP contribution in [0.1, 0.15) is 5.56 Å². The lowest BCUT2D eigenvalue weighted by atomic mass is 10.2. The van der Waals surface area contributed by atoms with Gasteiger partial charge in [0.1, 0.15) is 11.6 Å². The normalized spacial score (nSPS) is 10.0. The van der Waals surface area contributed by atoms with Crippen molar-refractivity contribution in [3.8, 4) is 5.75 Å². The number of carbonyl (C=O) groups excluding carboxylic acids is 2. The first-order valence-corrected chi connectivity index (χ1v) is 7.53. The van der Waals surface area contributed by atoms with Crippen LogP contribution in [0.25, 0.3) is 0 Å². The fraction of sp³-hybridized carbons (Fsp3) is 0.125. The quantitative estimate of drug-likeness (QED) is 0.837. The molecule has 2 rings (SSSR count). The van der Waals surface area contributed by atoms with E-state index in [4.69, 9.17) is 4.74 Å². The Kier molecular flexibility index (Phi) is 6.10.